The van der Waals surface area contributed by atoms with Crippen LogP contribution >= 0.6 is 0 Å². The molecule has 7 heteroatoms. The van der Waals surface area contributed by atoms with E-state index in [1.807, 2.05) is 28.9 Å². The van der Waals surface area contributed by atoms with Crippen LogP contribution in [0.2, 0.25) is 0 Å². The lowest BCUT2D eigenvalue weighted by Gasteiger charge is -2.36. The highest BCUT2D eigenvalue weighted by atomic mass is 16.5. The Bertz CT molecular complexity index is 1130. The molecule has 0 unspecified atom stereocenters. The molecule has 32 heavy (non-hydrogen) atoms. The van der Waals surface area contributed by atoms with E-state index in [0.717, 1.165) is 12.8 Å². The number of nitrogens with zero attached hydrogens (tertiary/aromatic N) is 3. The molecule has 164 valence electrons. The molecule has 3 heterocycles. The van der Waals surface area contributed by atoms with E-state index in [1.54, 1.807) is 18.2 Å². The Morgan fingerprint density at radius 3 is 2.62 bits per heavy atom. The second-order valence-electron chi connectivity index (χ2n) is 8.51. The lowest BCUT2D eigenvalue weighted by molar-refractivity contribution is -0.118. The number of aromatic nitrogens is 2. The fourth-order valence-electron chi connectivity index (χ4n) is 4.83. The maximum Gasteiger partial charge on any atom is 0.262 e. The fraction of sp³-hybridized carbons (Fsp3) is 0.320. The van der Waals surface area contributed by atoms with Crippen LogP contribution in [-0.2, 0) is 11.8 Å². The molecule has 7 nitrogen and oxygen atoms in total. The number of amides is 2. The topological polar surface area (TPSA) is 76.5 Å². The molecule has 0 spiro atoms. The Morgan fingerprint density at radius 1 is 1.12 bits per heavy atom. The molecule has 1 aromatic heterocycles. The monoisotopic (exact) mass is 430 g/mol. The number of rotatable bonds is 4. The number of anilines is 1. The summed E-state index contributed by atoms with van der Waals surface area (Å²) < 4.78 is 7.25. The Hall–Kier alpha value is -3.61. The van der Waals surface area contributed by atoms with E-state index in [0.29, 0.717) is 36.0 Å². The SMILES string of the molecule is Cn1cc([C@H](c2ccccc2)C2CCN(C(=O)c3ccc4c(c3)NC(=O)CO4)CC2)cn1. The number of ether oxygens (including phenoxy) is 1. The summed E-state index contributed by atoms with van der Waals surface area (Å²) in [6, 6.07) is 15.8. The molecule has 3 aromatic rings. The van der Waals surface area contributed by atoms with Crippen LogP contribution in [0.3, 0.4) is 0 Å². The Labute approximate surface area is 187 Å². The van der Waals surface area contributed by atoms with Crippen LogP contribution in [0.15, 0.2) is 60.9 Å². The number of likely N-dealkylation sites (tertiary alicyclic amines) is 1. The summed E-state index contributed by atoms with van der Waals surface area (Å²) in [5, 5.41) is 7.17. The molecule has 1 N–H and O–H groups in total. The molecule has 2 aromatic carbocycles. The minimum absolute atomic E-state index is 0.00726. The summed E-state index contributed by atoms with van der Waals surface area (Å²) in [7, 11) is 1.94. The van der Waals surface area contributed by atoms with Crippen LogP contribution in [0, 0.1) is 5.92 Å². The van der Waals surface area contributed by atoms with Gasteiger partial charge in [0.05, 0.1) is 11.9 Å². The van der Waals surface area contributed by atoms with E-state index >= 15 is 0 Å². The van der Waals surface area contributed by atoms with Gasteiger partial charge in [0.1, 0.15) is 5.75 Å². The van der Waals surface area contributed by atoms with Crippen molar-refractivity contribution in [3.05, 3.63) is 77.6 Å². The average Bonchev–Trinajstić information content (AvgIpc) is 3.25. The first-order valence-corrected chi connectivity index (χ1v) is 11.0. The molecule has 0 radical (unpaired) electrons. The Morgan fingerprint density at radius 2 is 1.91 bits per heavy atom. The van der Waals surface area contributed by atoms with Crippen molar-refractivity contribution in [1.29, 1.82) is 0 Å². The predicted octanol–water partition coefficient (Wildman–Crippen LogP) is 3.44. The zero-order chi connectivity index (χ0) is 22.1. The molecule has 0 bridgehead atoms. The molecule has 1 saturated heterocycles. The maximum absolute atomic E-state index is 13.1. The van der Waals surface area contributed by atoms with Gasteiger partial charge < -0.3 is 15.0 Å². The molecule has 5 rings (SSSR count). The van der Waals surface area contributed by atoms with Gasteiger partial charge in [0.2, 0.25) is 0 Å². The molecule has 1 fully saturated rings. The third-order valence-corrected chi connectivity index (χ3v) is 6.40. The van der Waals surface area contributed by atoms with Gasteiger partial charge in [0.25, 0.3) is 11.8 Å². The number of aryl methyl sites for hydroxylation is 1. The predicted molar refractivity (Wildman–Crippen MR) is 121 cm³/mol. The molecule has 2 aliphatic heterocycles. The van der Waals surface area contributed by atoms with Gasteiger partial charge in [-0.2, -0.15) is 5.10 Å². The molecule has 0 saturated carbocycles. The number of hydrogen-bond donors (Lipinski definition) is 1. The van der Waals surface area contributed by atoms with E-state index in [2.05, 4.69) is 40.9 Å². The zero-order valence-electron chi connectivity index (χ0n) is 18.0. The molecule has 1 atom stereocenters. The number of fused-ring (bicyclic) bond motifs is 1. The third kappa shape index (κ3) is 3.98. The quantitative estimate of drug-likeness (QED) is 0.688. The van der Waals surface area contributed by atoms with Gasteiger partial charge in [0.15, 0.2) is 6.61 Å². The number of nitrogens with one attached hydrogen (secondary N) is 1. The van der Waals surface area contributed by atoms with Crippen LogP contribution in [-0.4, -0.2) is 46.2 Å². The van der Waals surface area contributed by atoms with Crippen LogP contribution in [0.25, 0.3) is 0 Å². The van der Waals surface area contributed by atoms with Crippen molar-refractivity contribution >= 4 is 17.5 Å². The van der Waals surface area contributed by atoms with Gasteiger partial charge in [-0.15, -0.1) is 0 Å². The van der Waals surface area contributed by atoms with Crippen LogP contribution in [0.1, 0.15) is 40.2 Å². The van der Waals surface area contributed by atoms with E-state index in [4.69, 9.17) is 4.74 Å². The summed E-state index contributed by atoms with van der Waals surface area (Å²) in [6.07, 6.45) is 5.90. The fourth-order valence-corrected chi connectivity index (χ4v) is 4.83. The van der Waals surface area contributed by atoms with E-state index in [-0.39, 0.29) is 24.3 Å². The van der Waals surface area contributed by atoms with Crippen molar-refractivity contribution in [2.75, 3.05) is 25.0 Å². The summed E-state index contributed by atoms with van der Waals surface area (Å²) in [5.74, 6) is 1.08. The minimum Gasteiger partial charge on any atom is -0.482 e. The van der Waals surface area contributed by atoms with Crippen molar-refractivity contribution in [1.82, 2.24) is 14.7 Å². The highest BCUT2D eigenvalue weighted by Crippen LogP contribution is 2.38. The van der Waals surface area contributed by atoms with Gasteiger partial charge in [-0.1, -0.05) is 30.3 Å². The summed E-state index contributed by atoms with van der Waals surface area (Å²) in [4.78, 5) is 26.7. The Balaban J connectivity index is 1.31. The van der Waals surface area contributed by atoms with Crippen LogP contribution < -0.4 is 10.1 Å². The summed E-state index contributed by atoms with van der Waals surface area (Å²) >= 11 is 0. The molecule has 0 aliphatic carbocycles. The highest BCUT2D eigenvalue weighted by molar-refractivity contribution is 5.99. The van der Waals surface area contributed by atoms with Crippen molar-refractivity contribution in [3.63, 3.8) is 0 Å². The molecule has 2 aliphatic rings. The molecular formula is C25H26N4O3. The number of benzene rings is 2. The first kappa shape index (κ1) is 20.3. The molecular weight excluding hydrogens is 404 g/mol. The number of carbonyl (C=O) groups is 2. The van der Waals surface area contributed by atoms with Gasteiger partial charge >= 0.3 is 0 Å². The first-order chi connectivity index (χ1) is 15.6. The standard InChI is InChI=1S/C25H26N4O3/c1-28-15-20(14-26-28)24(17-5-3-2-4-6-17)18-9-11-29(12-10-18)25(31)19-7-8-22-21(13-19)27-23(30)16-32-22/h2-8,13-15,18,24H,9-12,16H2,1H3,(H,27,30)/t24-/m1/s1. The lowest BCUT2D eigenvalue weighted by atomic mass is 9.77. The van der Waals surface area contributed by atoms with Gasteiger partial charge in [-0.25, -0.2) is 0 Å². The van der Waals surface area contributed by atoms with E-state index < -0.39 is 0 Å². The van der Waals surface area contributed by atoms with Crippen LogP contribution in [0.5, 0.6) is 5.75 Å². The Kier molecular flexibility index (Phi) is 5.39. The number of carbonyl (C=O) groups excluding carboxylic acids is 2. The smallest absolute Gasteiger partial charge is 0.262 e. The van der Waals surface area contributed by atoms with Gasteiger partial charge in [0, 0.05) is 37.8 Å². The number of piperidine rings is 1. The van der Waals surface area contributed by atoms with Crippen molar-refractivity contribution < 1.29 is 14.3 Å². The normalized spacial score (nSPS) is 17.3. The first-order valence-electron chi connectivity index (χ1n) is 11.0. The summed E-state index contributed by atoms with van der Waals surface area (Å²) in [6.45, 7) is 1.41. The van der Waals surface area contributed by atoms with Gasteiger partial charge in [-0.3, -0.25) is 14.3 Å². The van der Waals surface area contributed by atoms with E-state index in [9.17, 15) is 9.59 Å². The minimum atomic E-state index is -0.203. The highest BCUT2D eigenvalue weighted by Gasteiger charge is 2.31. The zero-order valence-corrected chi connectivity index (χ0v) is 18.0. The van der Waals surface area contributed by atoms with Crippen molar-refractivity contribution in [2.24, 2.45) is 13.0 Å². The van der Waals surface area contributed by atoms with Crippen LogP contribution in [0.4, 0.5) is 5.69 Å². The summed E-state index contributed by atoms with van der Waals surface area (Å²) in [5.41, 5.74) is 3.63. The second kappa shape index (κ2) is 8.49. The largest absolute Gasteiger partial charge is 0.482 e. The maximum atomic E-state index is 13.1. The average molecular weight is 431 g/mol. The number of hydrogen-bond acceptors (Lipinski definition) is 4. The lowest BCUT2D eigenvalue weighted by Crippen LogP contribution is -2.40. The van der Waals surface area contributed by atoms with Crippen molar-refractivity contribution in [2.45, 2.75) is 18.8 Å². The molecule has 2 amide bonds. The van der Waals surface area contributed by atoms with E-state index in [1.165, 1.54) is 11.1 Å². The second-order valence-corrected chi connectivity index (χ2v) is 8.51. The third-order valence-electron chi connectivity index (χ3n) is 6.40. The van der Waals surface area contributed by atoms with Gasteiger partial charge in [-0.05, 0) is 48.1 Å². The van der Waals surface area contributed by atoms with Crippen molar-refractivity contribution in [3.8, 4) is 5.75 Å².